The Hall–Kier alpha value is -1.99. The Morgan fingerprint density at radius 2 is 1.35 bits per heavy atom. The van der Waals surface area contributed by atoms with Crippen molar-refractivity contribution in [2.75, 3.05) is 0 Å². The van der Waals surface area contributed by atoms with Crippen LogP contribution in [0.15, 0.2) is 54.6 Å². The van der Waals surface area contributed by atoms with Crippen LogP contribution in [0, 0.1) is 5.92 Å². The first kappa shape index (κ1) is 28.0. The highest BCUT2D eigenvalue weighted by Crippen LogP contribution is 2.54. The predicted molar refractivity (Wildman–Crippen MR) is 161 cm³/mol. The van der Waals surface area contributed by atoms with Crippen LogP contribution in [0.5, 0.6) is 17.2 Å². The number of fused-ring (bicyclic) bond motifs is 3. The minimum Gasteiger partial charge on any atom is -0.544 e. The Bertz CT molecular complexity index is 1140. The van der Waals surface area contributed by atoms with Gasteiger partial charge in [0.1, 0.15) is 23.4 Å². The number of hydrogen-bond donors (Lipinski definition) is 0. The minimum absolute atomic E-state index is 0.0414. The second-order valence-electron chi connectivity index (χ2n) is 14.3. The topological polar surface area (TPSA) is 27.7 Å². The highest BCUT2D eigenvalue weighted by Gasteiger charge is 2.43. The number of rotatable bonds is 5. The molecule has 1 aliphatic heterocycles. The molecule has 1 heterocycles. The molecule has 0 bridgehead atoms. The van der Waals surface area contributed by atoms with Crippen LogP contribution < -0.4 is 13.6 Å². The average molecular weight is 537 g/mol. The largest absolute Gasteiger partial charge is 0.544 e. The van der Waals surface area contributed by atoms with Crippen molar-refractivity contribution < 1.29 is 13.6 Å². The Balaban J connectivity index is 1.62. The van der Waals surface area contributed by atoms with Crippen LogP contribution in [0.3, 0.4) is 0 Å². The van der Waals surface area contributed by atoms with E-state index in [4.69, 9.17) is 13.6 Å². The van der Waals surface area contributed by atoms with E-state index >= 15 is 0 Å². The maximum absolute atomic E-state index is 6.76. The lowest BCUT2D eigenvalue weighted by molar-refractivity contribution is 0.0772. The van der Waals surface area contributed by atoms with E-state index in [1.807, 2.05) is 0 Å². The van der Waals surface area contributed by atoms with Gasteiger partial charge in [0.15, 0.2) is 0 Å². The Morgan fingerprint density at radius 1 is 0.811 bits per heavy atom. The van der Waals surface area contributed by atoms with E-state index in [-0.39, 0.29) is 16.2 Å². The molecule has 1 saturated carbocycles. The summed E-state index contributed by atoms with van der Waals surface area (Å²) in [7, 11) is -3.79. The van der Waals surface area contributed by atoms with Crippen molar-refractivity contribution in [1.82, 2.24) is 0 Å². The van der Waals surface area contributed by atoms with Gasteiger partial charge in [-0.25, -0.2) is 0 Å². The molecule has 0 spiro atoms. The van der Waals surface area contributed by atoms with E-state index in [1.165, 1.54) is 16.7 Å². The lowest BCUT2D eigenvalue weighted by Gasteiger charge is -2.44. The minimum atomic E-state index is -1.92. The zero-order valence-electron chi connectivity index (χ0n) is 24.8. The molecule has 3 nitrogen and oxygen atoms in total. The molecule has 0 aromatic heterocycles. The van der Waals surface area contributed by atoms with Crippen LogP contribution in [0.25, 0.3) is 0 Å². The SMILES string of the molecule is C=C1CC[C@H]2C(c3ccc(O[Si](C)(C)C(C)(C)C)cc3)Oc3ccc(O[Si](C)(C)C(C)(C)C)cc3[C@H]2C1. The van der Waals surface area contributed by atoms with Gasteiger partial charge in [0.05, 0.1) is 0 Å². The molecule has 5 heteroatoms. The zero-order chi connectivity index (χ0) is 27.4. The zero-order valence-corrected chi connectivity index (χ0v) is 26.8. The summed E-state index contributed by atoms with van der Waals surface area (Å²) in [6.07, 6.45) is 3.24. The van der Waals surface area contributed by atoms with Gasteiger partial charge < -0.3 is 13.6 Å². The van der Waals surface area contributed by atoms with Crippen LogP contribution in [0.2, 0.25) is 36.3 Å². The summed E-state index contributed by atoms with van der Waals surface area (Å²) in [6.45, 7) is 27.3. The second-order valence-corrected chi connectivity index (χ2v) is 23.7. The third kappa shape index (κ3) is 5.73. The molecule has 1 aliphatic carbocycles. The Morgan fingerprint density at radius 3 is 1.92 bits per heavy atom. The molecular weight excluding hydrogens is 489 g/mol. The average Bonchev–Trinajstić information content (AvgIpc) is 2.77. The fourth-order valence-corrected chi connectivity index (χ4v) is 7.04. The maximum Gasteiger partial charge on any atom is 0.250 e. The van der Waals surface area contributed by atoms with E-state index in [2.05, 4.69) is 117 Å². The Kier molecular flexibility index (Phi) is 7.30. The van der Waals surface area contributed by atoms with E-state index in [9.17, 15) is 0 Å². The van der Waals surface area contributed by atoms with Gasteiger partial charge in [-0.15, -0.1) is 0 Å². The van der Waals surface area contributed by atoms with Crippen LogP contribution in [0.4, 0.5) is 0 Å². The van der Waals surface area contributed by atoms with Crippen molar-refractivity contribution in [3.8, 4) is 17.2 Å². The molecule has 0 N–H and O–H groups in total. The van der Waals surface area contributed by atoms with Crippen LogP contribution in [-0.4, -0.2) is 16.6 Å². The van der Waals surface area contributed by atoms with Gasteiger partial charge in [0.2, 0.25) is 16.6 Å². The summed E-state index contributed by atoms with van der Waals surface area (Å²) >= 11 is 0. The quantitative estimate of drug-likeness (QED) is 0.281. The summed E-state index contributed by atoms with van der Waals surface area (Å²) in [6, 6.07) is 15.2. The molecule has 0 amide bonds. The van der Waals surface area contributed by atoms with Gasteiger partial charge >= 0.3 is 0 Å². The molecule has 1 fully saturated rings. The monoisotopic (exact) mass is 536 g/mol. The second kappa shape index (κ2) is 9.64. The molecule has 2 aromatic rings. The fraction of sp³-hybridized carbons (Fsp3) is 0.562. The summed E-state index contributed by atoms with van der Waals surface area (Å²) in [5.41, 5.74) is 3.87. The molecular formula is C32H48O3Si2. The first-order valence-corrected chi connectivity index (χ1v) is 19.8. The van der Waals surface area contributed by atoms with E-state index in [1.54, 1.807) is 0 Å². The number of benzene rings is 2. The van der Waals surface area contributed by atoms with Crippen molar-refractivity contribution in [3.05, 3.63) is 65.7 Å². The smallest absolute Gasteiger partial charge is 0.250 e. The van der Waals surface area contributed by atoms with E-state index in [0.29, 0.717) is 11.8 Å². The molecule has 4 rings (SSSR count). The van der Waals surface area contributed by atoms with Gasteiger partial charge in [-0.2, -0.15) is 0 Å². The van der Waals surface area contributed by atoms with E-state index < -0.39 is 16.6 Å². The lowest BCUT2D eigenvalue weighted by atomic mass is 9.68. The molecule has 3 atom stereocenters. The molecule has 0 radical (unpaired) electrons. The predicted octanol–water partition coefficient (Wildman–Crippen LogP) is 10.0. The third-order valence-corrected chi connectivity index (χ3v) is 18.2. The van der Waals surface area contributed by atoms with Crippen molar-refractivity contribution >= 4 is 16.6 Å². The third-order valence-electron chi connectivity index (χ3n) is 9.45. The molecule has 2 aromatic carbocycles. The summed E-state index contributed by atoms with van der Waals surface area (Å²) in [5.74, 6) is 3.77. The standard InChI is InChI=1S/C32H48O3Si2/c1-22-12-18-26-27(20-22)28-21-25(35-37(10,11)32(5,6)7)17-19-29(28)33-30(26)23-13-15-24(16-14-23)34-36(8,9)31(2,3)4/h13-17,19,21,26-27,30H,1,12,18,20H2,2-11H3/t26-,27+,30?/m1/s1. The van der Waals surface area contributed by atoms with Gasteiger partial charge in [-0.05, 0) is 97.3 Å². The molecule has 0 saturated heterocycles. The molecule has 202 valence electrons. The van der Waals surface area contributed by atoms with Crippen LogP contribution in [-0.2, 0) is 0 Å². The van der Waals surface area contributed by atoms with Crippen LogP contribution >= 0.6 is 0 Å². The number of ether oxygens (including phenoxy) is 1. The molecule has 2 aliphatic rings. The highest BCUT2D eigenvalue weighted by atomic mass is 28.4. The molecule has 37 heavy (non-hydrogen) atoms. The van der Waals surface area contributed by atoms with E-state index in [0.717, 1.165) is 36.5 Å². The first-order valence-electron chi connectivity index (χ1n) is 13.9. The lowest BCUT2D eigenvalue weighted by Crippen LogP contribution is -2.44. The van der Waals surface area contributed by atoms with Crippen LogP contribution in [0.1, 0.15) is 84.0 Å². The first-order chi connectivity index (χ1) is 17.0. The molecule has 1 unspecified atom stereocenters. The van der Waals surface area contributed by atoms with Gasteiger partial charge in [-0.1, -0.05) is 65.8 Å². The maximum atomic E-state index is 6.76. The normalized spacial score (nSPS) is 22.5. The summed E-state index contributed by atoms with van der Waals surface area (Å²) < 4.78 is 20.0. The summed E-state index contributed by atoms with van der Waals surface area (Å²) in [4.78, 5) is 0. The Labute approximate surface area is 227 Å². The van der Waals surface area contributed by atoms with Crippen molar-refractivity contribution in [2.45, 2.75) is 109 Å². The number of hydrogen-bond acceptors (Lipinski definition) is 3. The van der Waals surface area contributed by atoms with Gasteiger partial charge in [-0.3, -0.25) is 0 Å². The van der Waals surface area contributed by atoms with Crippen molar-refractivity contribution in [2.24, 2.45) is 5.92 Å². The highest BCUT2D eigenvalue weighted by molar-refractivity contribution is 6.75. The van der Waals surface area contributed by atoms with Gasteiger partial charge in [0, 0.05) is 11.5 Å². The van der Waals surface area contributed by atoms with Crippen molar-refractivity contribution in [1.29, 1.82) is 0 Å². The van der Waals surface area contributed by atoms with Gasteiger partial charge in [0.25, 0.3) is 0 Å². The fourth-order valence-electron chi connectivity index (χ4n) is 4.99. The summed E-state index contributed by atoms with van der Waals surface area (Å²) in [5, 5.41) is 0.333. The number of allylic oxidation sites excluding steroid dienone is 1. The van der Waals surface area contributed by atoms with Crippen molar-refractivity contribution in [3.63, 3.8) is 0 Å².